The van der Waals surface area contributed by atoms with Gasteiger partial charge in [-0.25, -0.2) is 18.4 Å². The van der Waals surface area contributed by atoms with E-state index in [1.54, 1.807) is 19.1 Å². The Hall–Kier alpha value is -3.87. The van der Waals surface area contributed by atoms with E-state index in [4.69, 9.17) is 26.8 Å². The van der Waals surface area contributed by atoms with Crippen LogP contribution in [0.5, 0.6) is 0 Å². The topological polar surface area (TPSA) is 126 Å². The molecule has 4 rings (SSSR count). The molecule has 0 saturated carbocycles. The van der Waals surface area contributed by atoms with Crippen LogP contribution in [0.25, 0.3) is 22.4 Å². The highest BCUT2D eigenvalue weighted by Crippen LogP contribution is 2.27. The summed E-state index contributed by atoms with van der Waals surface area (Å²) in [6.45, 7) is 1.74. The van der Waals surface area contributed by atoms with Gasteiger partial charge in [0.25, 0.3) is 5.91 Å². The SMILES string of the molecule is CC(NC(=O)c1cc(Cl)cc(S(C)(=O)=O)c1)c1nc2ccccc2nc1-c1ccc(C#N)cn1. The second-order valence-corrected chi connectivity index (χ2v) is 10.1. The smallest absolute Gasteiger partial charge is 0.251 e. The molecular weight excluding hydrogens is 474 g/mol. The molecule has 34 heavy (non-hydrogen) atoms. The molecule has 0 radical (unpaired) electrons. The molecule has 0 saturated heterocycles. The lowest BCUT2D eigenvalue weighted by molar-refractivity contribution is 0.0939. The molecule has 0 aliphatic heterocycles. The first-order valence-corrected chi connectivity index (χ1v) is 12.4. The van der Waals surface area contributed by atoms with Gasteiger partial charge in [0.05, 0.1) is 38.9 Å². The van der Waals surface area contributed by atoms with Crippen molar-refractivity contribution in [2.45, 2.75) is 17.9 Å². The normalized spacial score (nSPS) is 12.2. The largest absolute Gasteiger partial charge is 0.344 e. The number of hydrogen-bond donors (Lipinski definition) is 1. The Balaban J connectivity index is 1.75. The highest BCUT2D eigenvalue weighted by atomic mass is 35.5. The molecule has 4 aromatic rings. The lowest BCUT2D eigenvalue weighted by atomic mass is 10.1. The zero-order valence-corrected chi connectivity index (χ0v) is 19.7. The molecule has 2 aromatic carbocycles. The maximum atomic E-state index is 13.0. The molecule has 8 nitrogen and oxygen atoms in total. The van der Waals surface area contributed by atoms with Crippen LogP contribution in [-0.2, 0) is 9.84 Å². The van der Waals surface area contributed by atoms with E-state index in [0.29, 0.717) is 33.7 Å². The van der Waals surface area contributed by atoms with E-state index < -0.39 is 21.8 Å². The van der Waals surface area contributed by atoms with Crippen LogP contribution in [0.3, 0.4) is 0 Å². The number of benzene rings is 2. The van der Waals surface area contributed by atoms with E-state index in [0.717, 1.165) is 6.26 Å². The Bertz CT molecular complexity index is 1560. The first-order valence-electron chi connectivity index (χ1n) is 10.1. The number of nitriles is 1. The molecule has 0 spiro atoms. The molecule has 10 heteroatoms. The zero-order valence-electron chi connectivity index (χ0n) is 18.2. The van der Waals surface area contributed by atoms with Gasteiger partial charge in [-0.15, -0.1) is 0 Å². The van der Waals surface area contributed by atoms with E-state index in [2.05, 4.69) is 10.3 Å². The minimum atomic E-state index is -3.55. The Morgan fingerprint density at radius 1 is 1.09 bits per heavy atom. The van der Waals surface area contributed by atoms with E-state index in [9.17, 15) is 13.2 Å². The van der Waals surface area contributed by atoms with Crippen molar-refractivity contribution in [3.8, 4) is 17.5 Å². The van der Waals surface area contributed by atoms with Crippen molar-refractivity contribution >= 4 is 38.4 Å². The van der Waals surface area contributed by atoms with Gasteiger partial charge in [-0.05, 0) is 49.4 Å². The molecule has 1 amide bonds. The van der Waals surface area contributed by atoms with Gasteiger partial charge in [0.1, 0.15) is 11.8 Å². The Morgan fingerprint density at radius 2 is 1.79 bits per heavy atom. The summed E-state index contributed by atoms with van der Waals surface area (Å²) >= 11 is 6.05. The highest BCUT2D eigenvalue weighted by molar-refractivity contribution is 7.90. The number of aromatic nitrogens is 3. The van der Waals surface area contributed by atoms with Crippen molar-refractivity contribution in [1.29, 1.82) is 5.26 Å². The van der Waals surface area contributed by atoms with E-state index in [-0.39, 0.29) is 15.5 Å². The average molecular weight is 492 g/mol. The van der Waals surface area contributed by atoms with Gasteiger partial charge >= 0.3 is 0 Å². The summed E-state index contributed by atoms with van der Waals surface area (Å²) in [7, 11) is -3.55. The number of halogens is 1. The summed E-state index contributed by atoms with van der Waals surface area (Å²) in [5.74, 6) is -0.520. The van der Waals surface area contributed by atoms with Crippen molar-refractivity contribution in [3.05, 3.63) is 82.6 Å². The van der Waals surface area contributed by atoms with Crippen LogP contribution >= 0.6 is 11.6 Å². The molecular formula is C24H18ClN5O3S. The Kier molecular flexibility index (Phi) is 6.28. The molecule has 170 valence electrons. The molecule has 0 aliphatic rings. The molecule has 0 bridgehead atoms. The third-order valence-corrected chi connectivity index (χ3v) is 6.36. The van der Waals surface area contributed by atoms with Crippen LogP contribution in [0.2, 0.25) is 5.02 Å². The number of fused-ring (bicyclic) bond motifs is 1. The van der Waals surface area contributed by atoms with Crippen LogP contribution in [-0.4, -0.2) is 35.5 Å². The number of pyridine rings is 1. The molecule has 0 aliphatic carbocycles. The number of nitrogens with zero attached hydrogens (tertiary/aromatic N) is 4. The molecule has 0 fully saturated rings. The van der Waals surface area contributed by atoms with Gasteiger partial charge in [-0.2, -0.15) is 5.26 Å². The number of rotatable bonds is 5. The lowest BCUT2D eigenvalue weighted by Crippen LogP contribution is -2.28. The third kappa shape index (κ3) is 4.88. The van der Waals surface area contributed by atoms with E-state index >= 15 is 0 Å². The van der Waals surface area contributed by atoms with Crippen molar-refractivity contribution in [2.75, 3.05) is 6.26 Å². The minimum absolute atomic E-state index is 0.0502. The van der Waals surface area contributed by atoms with Gasteiger partial charge < -0.3 is 5.32 Å². The van der Waals surface area contributed by atoms with Crippen molar-refractivity contribution in [3.63, 3.8) is 0 Å². The number of sulfone groups is 1. The van der Waals surface area contributed by atoms with Crippen LogP contribution in [0.1, 0.15) is 34.6 Å². The predicted molar refractivity (Wildman–Crippen MR) is 128 cm³/mol. The second-order valence-electron chi connectivity index (χ2n) is 7.63. The first kappa shape index (κ1) is 23.3. The van der Waals surface area contributed by atoms with Gasteiger partial charge in [-0.3, -0.25) is 9.78 Å². The van der Waals surface area contributed by atoms with Crippen molar-refractivity contribution < 1.29 is 13.2 Å². The molecule has 1 N–H and O–H groups in total. The monoisotopic (exact) mass is 491 g/mol. The molecule has 2 aromatic heterocycles. The van der Waals surface area contributed by atoms with Crippen LogP contribution in [0.15, 0.2) is 65.7 Å². The number of carbonyl (C=O) groups excluding carboxylic acids is 1. The van der Waals surface area contributed by atoms with Crippen LogP contribution in [0.4, 0.5) is 0 Å². The number of para-hydroxylation sites is 2. The third-order valence-electron chi connectivity index (χ3n) is 5.05. The maximum absolute atomic E-state index is 13.0. The summed E-state index contributed by atoms with van der Waals surface area (Å²) < 4.78 is 23.9. The number of amides is 1. The summed E-state index contributed by atoms with van der Waals surface area (Å²) in [5, 5.41) is 12.0. The molecule has 1 unspecified atom stereocenters. The summed E-state index contributed by atoms with van der Waals surface area (Å²) in [4.78, 5) is 26.7. The quantitative estimate of drug-likeness (QED) is 0.445. The number of nitrogens with one attached hydrogen (secondary N) is 1. The molecule has 2 heterocycles. The van der Waals surface area contributed by atoms with Gasteiger partial charge in [0.2, 0.25) is 0 Å². The van der Waals surface area contributed by atoms with Crippen LogP contribution < -0.4 is 5.32 Å². The van der Waals surface area contributed by atoms with Crippen LogP contribution in [0, 0.1) is 11.3 Å². The summed E-state index contributed by atoms with van der Waals surface area (Å²) in [5.41, 5.74) is 3.22. The van der Waals surface area contributed by atoms with Gasteiger partial charge in [-0.1, -0.05) is 23.7 Å². The Morgan fingerprint density at radius 3 is 2.41 bits per heavy atom. The predicted octanol–water partition coefficient (Wildman–Crippen LogP) is 4.11. The fourth-order valence-electron chi connectivity index (χ4n) is 3.36. The van der Waals surface area contributed by atoms with Crippen molar-refractivity contribution in [2.24, 2.45) is 0 Å². The second kappa shape index (κ2) is 9.17. The molecule has 1 atom stereocenters. The zero-order chi connectivity index (χ0) is 24.5. The summed E-state index contributed by atoms with van der Waals surface area (Å²) in [6, 6.07) is 16.0. The summed E-state index contributed by atoms with van der Waals surface area (Å²) in [6.07, 6.45) is 2.49. The Labute approximate surface area is 201 Å². The fourth-order valence-corrected chi connectivity index (χ4v) is 4.34. The first-order chi connectivity index (χ1) is 16.2. The highest BCUT2D eigenvalue weighted by Gasteiger charge is 2.21. The van der Waals surface area contributed by atoms with Gasteiger partial charge in [0, 0.05) is 23.0 Å². The van der Waals surface area contributed by atoms with Gasteiger partial charge in [0.15, 0.2) is 9.84 Å². The number of hydrogen-bond acceptors (Lipinski definition) is 7. The fraction of sp³-hybridized carbons (Fsp3) is 0.125. The standard InChI is InChI=1S/C24H18ClN5O3S/c1-14(28-24(31)16-9-17(25)11-18(10-16)34(2,32)33)22-23(21-8-7-15(12-26)13-27-21)30-20-6-4-3-5-19(20)29-22/h3-11,13-14H,1-2H3,(H,28,31). The van der Waals surface area contributed by atoms with Crippen molar-refractivity contribution in [1.82, 2.24) is 20.3 Å². The maximum Gasteiger partial charge on any atom is 0.251 e. The minimum Gasteiger partial charge on any atom is -0.344 e. The van der Waals surface area contributed by atoms with E-state index in [1.807, 2.05) is 30.3 Å². The number of carbonyl (C=O) groups is 1. The lowest BCUT2D eigenvalue weighted by Gasteiger charge is -2.17. The average Bonchev–Trinajstić information content (AvgIpc) is 2.82. The van der Waals surface area contributed by atoms with E-state index in [1.165, 1.54) is 24.4 Å².